The molecule has 2 aromatic rings. The monoisotopic (exact) mass is 684 g/mol. The quantitative estimate of drug-likeness (QED) is 0.316. The number of anilines is 1. The van der Waals surface area contributed by atoms with E-state index in [-0.39, 0.29) is 47.7 Å². The number of nitrogens with zero attached hydrogens (tertiary/aromatic N) is 1. The lowest BCUT2D eigenvalue weighted by Crippen LogP contribution is -2.50. The molecule has 1 amide bonds. The van der Waals surface area contributed by atoms with Crippen LogP contribution in [0, 0.1) is 17.8 Å². The number of hydrogen-bond acceptors (Lipinski definition) is 8. The Morgan fingerprint density at radius 1 is 1.19 bits per heavy atom. The van der Waals surface area contributed by atoms with Gasteiger partial charge < -0.3 is 19.1 Å². The van der Waals surface area contributed by atoms with Gasteiger partial charge in [0, 0.05) is 55.6 Å². The molecule has 0 saturated heterocycles. The fourth-order valence-electron chi connectivity index (χ4n) is 8.08. The van der Waals surface area contributed by atoms with Crippen LogP contribution in [0.15, 0.2) is 48.6 Å². The van der Waals surface area contributed by atoms with Gasteiger partial charge in [-0.25, -0.2) is 13.1 Å². The molecule has 0 radical (unpaired) electrons. The van der Waals surface area contributed by atoms with Crippen molar-refractivity contribution in [3.05, 3.63) is 70.3 Å². The number of halogens is 1. The van der Waals surface area contributed by atoms with Crippen LogP contribution >= 0.6 is 11.6 Å². The van der Waals surface area contributed by atoms with E-state index in [2.05, 4.69) is 21.8 Å². The smallest absolute Gasteiger partial charge is 0.303 e. The number of amides is 1. The molecule has 2 aromatic carbocycles. The lowest BCUT2D eigenvalue weighted by Gasteiger charge is -2.46. The average molecular weight is 685 g/mol. The third kappa shape index (κ3) is 7.06. The molecular formula is C36H45ClN2O7S. The zero-order valence-electron chi connectivity index (χ0n) is 27.4. The Hall–Kier alpha value is -3.08. The third-order valence-corrected chi connectivity index (χ3v) is 12.9. The SMILES string of the molecule is COCC[C@@H]1[C@@H](C)C/C=C/[C@H](OC(C)=O)[C@@H]2CC[C@H]2CN2C[C@@]3(CCCc4cc(Cl)ccc43)COc3ccc(cc32)C(=O)NS1(=O)=O. The molecule has 1 saturated carbocycles. The molecule has 11 heteroatoms. The van der Waals surface area contributed by atoms with Crippen LogP contribution in [0.4, 0.5) is 5.69 Å². The van der Waals surface area contributed by atoms with Gasteiger partial charge in [0.2, 0.25) is 10.0 Å². The molecule has 4 aliphatic rings. The number of benzene rings is 2. The predicted molar refractivity (Wildman–Crippen MR) is 182 cm³/mol. The summed E-state index contributed by atoms with van der Waals surface area (Å²) in [4.78, 5) is 28.2. The molecule has 2 aliphatic carbocycles. The maximum atomic E-state index is 13.7. The highest BCUT2D eigenvalue weighted by molar-refractivity contribution is 7.90. The summed E-state index contributed by atoms with van der Waals surface area (Å²) in [6.45, 7) is 5.32. The standard InChI is InChI=1S/C36H45ClN2O7S/c1-23-6-4-8-32(46-24(2)40)29-12-9-27(29)20-39-21-36(16-5-7-25-18-28(37)11-13-30(25)36)22-45-33-14-10-26(19-31(33)39)35(41)38-47(42,43)34(23)15-17-44-3/h4,8,10-11,13-14,18-19,23,27,29,32,34H,5-7,9,12,15-17,20-22H2,1-3H3,(H,38,41)/b8-4+/t23-,27-,29+,32-,34+,36-/m0/s1. The fourth-order valence-corrected chi connectivity index (χ4v) is 9.93. The molecule has 6 atom stereocenters. The van der Waals surface area contributed by atoms with Crippen molar-refractivity contribution in [1.29, 1.82) is 0 Å². The highest BCUT2D eigenvalue weighted by Crippen LogP contribution is 2.47. The Bertz CT molecular complexity index is 1650. The number of rotatable bonds is 4. The molecule has 0 unspecified atom stereocenters. The van der Waals surface area contributed by atoms with Crippen molar-refractivity contribution in [3.8, 4) is 5.75 Å². The molecule has 0 aromatic heterocycles. The molecule has 1 fully saturated rings. The molecule has 47 heavy (non-hydrogen) atoms. The first-order chi connectivity index (χ1) is 22.5. The minimum Gasteiger partial charge on any atom is -0.490 e. The molecular weight excluding hydrogens is 640 g/mol. The number of sulfonamides is 1. The van der Waals surface area contributed by atoms with Crippen molar-refractivity contribution in [2.75, 3.05) is 38.3 Å². The van der Waals surface area contributed by atoms with Gasteiger partial charge in [-0.1, -0.05) is 30.7 Å². The Balaban J connectivity index is 1.43. The van der Waals surface area contributed by atoms with E-state index in [1.807, 2.05) is 25.1 Å². The fraction of sp³-hybridized carbons (Fsp3) is 0.556. The van der Waals surface area contributed by atoms with Crippen LogP contribution in [0.3, 0.4) is 0 Å². The number of ether oxygens (including phenoxy) is 3. The van der Waals surface area contributed by atoms with E-state index in [0.717, 1.165) is 42.8 Å². The predicted octanol–water partition coefficient (Wildman–Crippen LogP) is 5.83. The van der Waals surface area contributed by atoms with E-state index in [0.29, 0.717) is 31.9 Å². The lowest BCUT2D eigenvalue weighted by molar-refractivity contribution is -0.149. The Labute approximate surface area is 283 Å². The summed E-state index contributed by atoms with van der Waals surface area (Å²) in [5, 5.41) is -0.150. The van der Waals surface area contributed by atoms with Crippen LogP contribution in [0.25, 0.3) is 0 Å². The van der Waals surface area contributed by atoms with Gasteiger partial charge in [-0.15, -0.1) is 0 Å². The van der Waals surface area contributed by atoms with Gasteiger partial charge in [-0.2, -0.15) is 0 Å². The maximum absolute atomic E-state index is 13.7. The second-order valence-electron chi connectivity index (χ2n) is 13.8. The summed E-state index contributed by atoms with van der Waals surface area (Å²) in [6.07, 6.45) is 8.89. The molecule has 2 aliphatic heterocycles. The van der Waals surface area contributed by atoms with Gasteiger partial charge >= 0.3 is 5.97 Å². The third-order valence-electron chi connectivity index (χ3n) is 10.7. The topological polar surface area (TPSA) is 111 Å². The van der Waals surface area contributed by atoms with Gasteiger partial charge in [-0.3, -0.25) is 9.59 Å². The molecule has 1 spiro atoms. The number of esters is 1. The largest absolute Gasteiger partial charge is 0.490 e. The normalized spacial score (nSPS) is 30.9. The van der Waals surface area contributed by atoms with Crippen LogP contribution in [0.1, 0.15) is 73.9 Å². The summed E-state index contributed by atoms with van der Waals surface area (Å²) >= 11 is 6.42. The van der Waals surface area contributed by atoms with Crippen LogP contribution in [-0.4, -0.2) is 65.1 Å². The molecule has 9 nitrogen and oxygen atoms in total. The highest BCUT2D eigenvalue weighted by atomic mass is 35.5. The van der Waals surface area contributed by atoms with E-state index in [1.54, 1.807) is 18.2 Å². The Morgan fingerprint density at radius 3 is 2.77 bits per heavy atom. The summed E-state index contributed by atoms with van der Waals surface area (Å²) in [6, 6.07) is 11.3. The molecule has 6 rings (SSSR count). The first-order valence-electron chi connectivity index (χ1n) is 16.7. The highest BCUT2D eigenvalue weighted by Gasteiger charge is 2.45. The van der Waals surface area contributed by atoms with Gasteiger partial charge in [-0.05, 0) is 104 Å². The zero-order chi connectivity index (χ0) is 33.3. The second-order valence-corrected chi connectivity index (χ2v) is 16.1. The lowest BCUT2D eigenvalue weighted by atomic mass is 9.68. The van der Waals surface area contributed by atoms with E-state index < -0.39 is 27.3 Å². The number of aryl methyl sites for hydroxylation is 1. The number of hydrogen-bond donors (Lipinski definition) is 1. The molecule has 1 N–H and O–H groups in total. The van der Waals surface area contributed by atoms with Gasteiger partial charge in [0.1, 0.15) is 11.9 Å². The molecule has 2 heterocycles. The minimum absolute atomic E-state index is 0.110. The van der Waals surface area contributed by atoms with Crippen molar-refractivity contribution >= 4 is 39.2 Å². The molecule has 2 bridgehead atoms. The number of allylic oxidation sites excluding steroid dienone is 1. The summed E-state index contributed by atoms with van der Waals surface area (Å²) in [5.41, 5.74) is 3.18. The number of nitrogens with one attached hydrogen (secondary N) is 1. The first-order valence-corrected chi connectivity index (χ1v) is 18.6. The Kier molecular flexibility index (Phi) is 9.93. The summed E-state index contributed by atoms with van der Waals surface area (Å²) in [7, 11) is -2.54. The van der Waals surface area contributed by atoms with Crippen molar-refractivity contribution in [2.45, 2.75) is 75.6 Å². The van der Waals surface area contributed by atoms with E-state index >= 15 is 0 Å². The number of methoxy groups -OCH3 is 1. The van der Waals surface area contributed by atoms with Crippen LogP contribution in [0.2, 0.25) is 5.02 Å². The van der Waals surface area contributed by atoms with E-state index in [4.69, 9.17) is 25.8 Å². The first kappa shape index (κ1) is 33.8. The Morgan fingerprint density at radius 2 is 2.02 bits per heavy atom. The maximum Gasteiger partial charge on any atom is 0.303 e. The van der Waals surface area contributed by atoms with Crippen molar-refractivity contribution in [1.82, 2.24) is 4.72 Å². The van der Waals surface area contributed by atoms with Gasteiger partial charge in [0.25, 0.3) is 5.91 Å². The van der Waals surface area contributed by atoms with Crippen LogP contribution in [-0.2, 0) is 36.1 Å². The van der Waals surface area contributed by atoms with E-state index in [9.17, 15) is 18.0 Å². The number of carbonyl (C=O) groups is 2. The van der Waals surface area contributed by atoms with Crippen LogP contribution in [0.5, 0.6) is 5.75 Å². The summed E-state index contributed by atoms with van der Waals surface area (Å²) < 4.78 is 47.5. The van der Waals surface area contributed by atoms with Crippen LogP contribution < -0.4 is 14.4 Å². The van der Waals surface area contributed by atoms with Crippen molar-refractivity contribution < 1.29 is 32.2 Å². The van der Waals surface area contributed by atoms with Gasteiger partial charge in [0.15, 0.2) is 0 Å². The molecule has 254 valence electrons. The van der Waals surface area contributed by atoms with E-state index in [1.165, 1.54) is 25.2 Å². The van der Waals surface area contributed by atoms with Crippen molar-refractivity contribution in [3.63, 3.8) is 0 Å². The second kappa shape index (κ2) is 13.8. The minimum atomic E-state index is -4.07. The number of carbonyl (C=O) groups excluding carboxylic acids is 2. The number of fused-ring (bicyclic) bond motifs is 4. The average Bonchev–Trinajstić information content (AvgIpc) is 3.15. The van der Waals surface area contributed by atoms with Gasteiger partial charge in [0.05, 0.1) is 17.5 Å². The summed E-state index contributed by atoms with van der Waals surface area (Å²) in [5.74, 6) is -0.335. The van der Waals surface area contributed by atoms with Crippen molar-refractivity contribution in [2.24, 2.45) is 17.8 Å². The zero-order valence-corrected chi connectivity index (χ0v) is 28.9.